The Bertz CT molecular complexity index is 684. The van der Waals surface area contributed by atoms with Gasteiger partial charge in [-0.1, -0.05) is 24.3 Å². The first kappa shape index (κ1) is 14.1. The molecule has 21 heavy (non-hydrogen) atoms. The Morgan fingerprint density at radius 2 is 2.00 bits per heavy atom. The molecule has 0 atom stereocenters. The summed E-state index contributed by atoms with van der Waals surface area (Å²) in [6.45, 7) is 3.61. The molecule has 3 rings (SSSR count). The van der Waals surface area contributed by atoms with Crippen molar-refractivity contribution in [3.8, 4) is 0 Å². The number of nitrogens with one attached hydrogen (secondary N) is 1. The summed E-state index contributed by atoms with van der Waals surface area (Å²) < 4.78 is 0.879. The first-order valence-corrected chi connectivity index (χ1v) is 7.87. The Morgan fingerprint density at radius 3 is 2.86 bits per heavy atom. The van der Waals surface area contributed by atoms with Crippen molar-refractivity contribution in [3.63, 3.8) is 0 Å². The van der Waals surface area contributed by atoms with Crippen LogP contribution >= 0.6 is 15.9 Å². The molecule has 3 nitrogen and oxygen atoms in total. The second-order valence-corrected chi connectivity index (χ2v) is 5.98. The normalized spacial score (nSPS) is 14.1. The number of carbonyl (C=O) groups excluding carboxylic acids is 1. The number of hydrogen-bond donors (Lipinski definition) is 1. The van der Waals surface area contributed by atoms with Gasteiger partial charge in [-0.2, -0.15) is 0 Å². The molecule has 0 spiro atoms. The van der Waals surface area contributed by atoms with Crippen LogP contribution < -0.4 is 10.2 Å². The zero-order valence-electron chi connectivity index (χ0n) is 11.9. The molecule has 1 N–H and O–H groups in total. The third-order valence-electron chi connectivity index (χ3n) is 3.74. The first-order chi connectivity index (χ1) is 10.2. The van der Waals surface area contributed by atoms with E-state index in [-0.39, 0.29) is 5.91 Å². The standard InChI is InChI=1S/C17H17BrN2O/c1-12-6-4-7-13(16(12)18)17(21)20-11-5-10-19-14-8-2-3-9-15(14)20/h2-4,6-9,19H,5,10-11H2,1H3. The molecule has 1 heterocycles. The van der Waals surface area contributed by atoms with Crippen molar-refractivity contribution < 1.29 is 4.79 Å². The highest BCUT2D eigenvalue weighted by molar-refractivity contribution is 9.10. The second kappa shape index (κ2) is 5.90. The van der Waals surface area contributed by atoms with Crippen LogP contribution in [0.5, 0.6) is 0 Å². The van der Waals surface area contributed by atoms with Crippen LogP contribution in [0, 0.1) is 6.92 Å². The fraction of sp³-hybridized carbons (Fsp3) is 0.235. The van der Waals surface area contributed by atoms with E-state index in [1.54, 1.807) is 0 Å². The molecular formula is C17H17BrN2O. The lowest BCUT2D eigenvalue weighted by atomic mass is 10.1. The fourth-order valence-electron chi connectivity index (χ4n) is 2.61. The molecule has 0 bridgehead atoms. The van der Waals surface area contributed by atoms with E-state index in [1.165, 1.54) is 0 Å². The lowest BCUT2D eigenvalue weighted by molar-refractivity contribution is 0.0986. The van der Waals surface area contributed by atoms with E-state index < -0.39 is 0 Å². The predicted octanol–water partition coefficient (Wildman–Crippen LogP) is 4.22. The average molecular weight is 345 g/mol. The largest absolute Gasteiger partial charge is 0.383 e. The monoisotopic (exact) mass is 344 g/mol. The summed E-state index contributed by atoms with van der Waals surface area (Å²) in [6.07, 6.45) is 0.934. The summed E-state index contributed by atoms with van der Waals surface area (Å²) in [4.78, 5) is 14.8. The molecule has 1 amide bonds. The summed E-state index contributed by atoms with van der Waals surface area (Å²) in [6, 6.07) is 13.8. The number of para-hydroxylation sites is 2. The number of amides is 1. The van der Waals surface area contributed by atoms with Gasteiger partial charge in [-0.25, -0.2) is 0 Å². The number of benzene rings is 2. The van der Waals surface area contributed by atoms with Crippen LogP contribution in [0.15, 0.2) is 46.9 Å². The minimum atomic E-state index is 0.0433. The molecule has 1 aliphatic rings. The Hall–Kier alpha value is -1.81. The van der Waals surface area contributed by atoms with Crippen molar-refractivity contribution >= 4 is 33.2 Å². The zero-order valence-corrected chi connectivity index (χ0v) is 13.5. The Balaban J connectivity index is 2.03. The van der Waals surface area contributed by atoms with Crippen molar-refractivity contribution in [2.75, 3.05) is 23.3 Å². The molecule has 0 radical (unpaired) electrons. The predicted molar refractivity (Wildman–Crippen MR) is 90.1 cm³/mol. The number of fused-ring (bicyclic) bond motifs is 1. The quantitative estimate of drug-likeness (QED) is 0.839. The van der Waals surface area contributed by atoms with Crippen LogP contribution in [0.4, 0.5) is 11.4 Å². The Labute approximate surface area is 133 Å². The van der Waals surface area contributed by atoms with Gasteiger partial charge in [-0.3, -0.25) is 4.79 Å². The maximum atomic E-state index is 13.0. The molecule has 0 saturated heterocycles. The minimum Gasteiger partial charge on any atom is -0.383 e. The van der Waals surface area contributed by atoms with Gasteiger partial charge in [0.05, 0.1) is 16.9 Å². The zero-order chi connectivity index (χ0) is 14.8. The topological polar surface area (TPSA) is 32.3 Å². The average Bonchev–Trinajstić information content (AvgIpc) is 2.72. The molecule has 0 aromatic heterocycles. The molecule has 108 valence electrons. The van der Waals surface area contributed by atoms with E-state index in [0.717, 1.165) is 40.9 Å². The maximum Gasteiger partial charge on any atom is 0.259 e. The van der Waals surface area contributed by atoms with E-state index in [4.69, 9.17) is 0 Å². The first-order valence-electron chi connectivity index (χ1n) is 7.08. The molecule has 0 unspecified atom stereocenters. The van der Waals surface area contributed by atoms with Gasteiger partial charge in [0.25, 0.3) is 5.91 Å². The highest BCUT2D eigenvalue weighted by Crippen LogP contribution is 2.31. The van der Waals surface area contributed by atoms with Crippen molar-refractivity contribution in [2.45, 2.75) is 13.3 Å². The highest BCUT2D eigenvalue weighted by Gasteiger charge is 2.23. The second-order valence-electron chi connectivity index (χ2n) is 5.19. The number of rotatable bonds is 1. The lowest BCUT2D eigenvalue weighted by Crippen LogP contribution is -2.31. The van der Waals surface area contributed by atoms with Gasteiger partial charge < -0.3 is 10.2 Å². The number of anilines is 2. The number of hydrogen-bond acceptors (Lipinski definition) is 2. The molecule has 1 aliphatic heterocycles. The molecule has 0 fully saturated rings. The van der Waals surface area contributed by atoms with Crippen LogP contribution in [-0.2, 0) is 0 Å². The summed E-state index contributed by atoms with van der Waals surface area (Å²) in [5.74, 6) is 0.0433. The van der Waals surface area contributed by atoms with Gasteiger partial charge in [0.15, 0.2) is 0 Å². The smallest absolute Gasteiger partial charge is 0.259 e. The van der Waals surface area contributed by atoms with Crippen LogP contribution in [0.3, 0.4) is 0 Å². The Morgan fingerprint density at radius 1 is 1.19 bits per heavy atom. The van der Waals surface area contributed by atoms with Gasteiger partial charge in [0.2, 0.25) is 0 Å². The van der Waals surface area contributed by atoms with Gasteiger partial charge >= 0.3 is 0 Å². The summed E-state index contributed by atoms with van der Waals surface area (Å²) in [7, 11) is 0. The van der Waals surface area contributed by atoms with Gasteiger partial charge in [0.1, 0.15) is 0 Å². The lowest BCUT2D eigenvalue weighted by Gasteiger charge is -2.23. The van der Waals surface area contributed by atoms with Gasteiger partial charge in [-0.05, 0) is 53.0 Å². The van der Waals surface area contributed by atoms with Crippen molar-refractivity contribution in [1.82, 2.24) is 0 Å². The molecule has 2 aromatic carbocycles. The third-order valence-corrected chi connectivity index (χ3v) is 4.79. The third kappa shape index (κ3) is 2.68. The van der Waals surface area contributed by atoms with Gasteiger partial charge in [-0.15, -0.1) is 0 Å². The van der Waals surface area contributed by atoms with E-state index in [2.05, 4.69) is 21.2 Å². The van der Waals surface area contributed by atoms with E-state index in [1.807, 2.05) is 54.3 Å². The number of carbonyl (C=O) groups is 1. The van der Waals surface area contributed by atoms with Crippen LogP contribution in [-0.4, -0.2) is 19.0 Å². The number of halogens is 1. The minimum absolute atomic E-state index is 0.0433. The van der Waals surface area contributed by atoms with Crippen molar-refractivity contribution in [1.29, 1.82) is 0 Å². The summed E-state index contributed by atoms with van der Waals surface area (Å²) in [5.41, 5.74) is 3.76. The van der Waals surface area contributed by atoms with Gasteiger partial charge in [0, 0.05) is 17.6 Å². The van der Waals surface area contributed by atoms with E-state index in [0.29, 0.717) is 5.56 Å². The van der Waals surface area contributed by atoms with Crippen LogP contribution in [0.1, 0.15) is 22.3 Å². The van der Waals surface area contributed by atoms with Crippen molar-refractivity contribution in [3.05, 3.63) is 58.1 Å². The number of aryl methyl sites for hydroxylation is 1. The molecule has 4 heteroatoms. The van der Waals surface area contributed by atoms with Crippen molar-refractivity contribution in [2.24, 2.45) is 0 Å². The summed E-state index contributed by atoms with van der Waals surface area (Å²) >= 11 is 3.54. The molecular weight excluding hydrogens is 328 g/mol. The van der Waals surface area contributed by atoms with E-state index >= 15 is 0 Å². The number of nitrogens with zero attached hydrogens (tertiary/aromatic N) is 1. The molecule has 0 saturated carbocycles. The van der Waals surface area contributed by atoms with Crippen LogP contribution in [0.2, 0.25) is 0 Å². The SMILES string of the molecule is Cc1cccc(C(=O)N2CCCNc3ccccc32)c1Br. The fourth-order valence-corrected chi connectivity index (χ4v) is 3.04. The molecule has 0 aliphatic carbocycles. The highest BCUT2D eigenvalue weighted by atomic mass is 79.9. The molecule has 2 aromatic rings. The maximum absolute atomic E-state index is 13.0. The van der Waals surface area contributed by atoms with E-state index in [9.17, 15) is 4.79 Å². The Kier molecular flexibility index (Phi) is 3.97. The van der Waals surface area contributed by atoms with Crippen LogP contribution in [0.25, 0.3) is 0 Å². The summed E-state index contributed by atoms with van der Waals surface area (Å²) in [5, 5.41) is 3.38.